The van der Waals surface area contributed by atoms with Crippen molar-refractivity contribution in [2.75, 3.05) is 24.6 Å². The van der Waals surface area contributed by atoms with Gasteiger partial charge in [-0.1, -0.05) is 11.3 Å². The van der Waals surface area contributed by atoms with Gasteiger partial charge in [-0.05, 0) is 20.8 Å². The van der Waals surface area contributed by atoms with Gasteiger partial charge in [0.15, 0.2) is 5.13 Å². The predicted octanol–water partition coefficient (Wildman–Crippen LogP) is 1.78. The highest BCUT2D eigenvalue weighted by atomic mass is 32.1. The van der Waals surface area contributed by atoms with Crippen LogP contribution in [0.5, 0.6) is 0 Å². The number of carbonyl (C=O) groups excluding carboxylic acids is 2. The number of amides is 2. The van der Waals surface area contributed by atoms with Gasteiger partial charge in [0, 0.05) is 43.3 Å². The first-order valence-electron chi connectivity index (χ1n) is 8.14. The van der Waals surface area contributed by atoms with E-state index in [0.717, 1.165) is 10.6 Å². The first-order chi connectivity index (χ1) is 11.3. The third kappa shape index (κ3) is 3.54. The molecule has 1 fully saturated rings. The van der Waals surface area contributed by atoms with Crippen LogP contribution >= 0.6 is 11.3 Å². The Labute approximate surface area is 145 Å². The molecule has 1 unspecified atom stereocenters. The van der Waals surface area contributed by atoms with E-state index in [1.54, 1.807) is 9.80 Å². The fraction of sp³-hybridized carbons (Fsp3) is 0.688. The molecule has 2 aliphatic rings. The number of hydrogen-bond donors (Lipinski definition) is 1. The lowest BCUT2D eigenvalue weighted by molar-refractivity contribution is -0.117. The second kappa shape index (κ2) is 6.33. The molecule has 1 aromatic rings. The molecule has 1 atom stereocenters. The minimum Gasteiger partial charge on any atom is -0.444 e. The Kier molecular flexibility index (Phi) is 4.52. The lowest BCUT2D eigenvalue weighted by Gasteiger charge is -2.29. The van der Waals surface area contributed by atoms with Gasteiger partial charge >= 0.3 is 6.09 Å². The molecule has 132 valence electrons. The number of aliphatic hydroxyl groups excluding tert-OH is 1. The minimum absolute atomic E-state index is 0.00384. The van der Waals surface area contributed by atoms with Gasteiger partial charge in [-0.2, -0.15) is 0 Å². The molecule has 7 nitrogen and oxygen atoms in total. The van der Waals surface area contributed by atoms with Gasteiger partial charge in [-0.3, -0.25) is 9.69 Å². The Hall–Kier alpha value is -1.67. The molecule has 0 spiro atoms. The van der Waals surface area contributed by atoms with Crippen LogP contribution in [0.2, 0.25) is 0 Å². The summed E-state index contributed by atoms with van der Waals surface area (Å²) in [5.74, 6) is -0.0131. The van der Waals surface area contributed by atoms with Crippen LogP contribution in [0.15, 0.2) is 0 Å². The molecule has 0 radical (unpaired) electrons. The first kappa shape index (κ1) is 17.2. The number of nitrogens with zero attached hydrogens (tertiary/aromatic N) is 3. The molecule has 1 N–H and O–H groups in total. The van der Waals surface area contributed by atoms with Gasteiger partial charge in [-0.15, -0.1) is 0 Å². The van der Waals surface area contributed by atoms with Crippen molar-refractivity contribution in [2.45, 2.75) is 45.8 Å². The van der Waals surface area contributed by atoms with E-state index in [4.69, 9.17) is 4.74 Å². The topological polar surface area (TPSA) is 83.0 Å². The van der Waals surface area contributed by atoms with Crippen LogP contribution < -0.4 is 4.90 Å². The van der Waals surface area contributed by atoms with Gasteiger partial charge in [0.25, 0.3) is 0 Å². The second-order valence-corrected chi connectivity index (χ2v) is 8.34. The van der Waals surface area contributed by atoms with E-state index in [1.807, 2.05) is 20.8 Å². The number of thiazole rings is 1. The number of hydrogen-bond acceptors (Lipinski definition) is 6. The maximum absolute atomic E-state index is 12.2. The average Bonchev–Trinajstić information content (AvgIpc) is 3.07. The van der Waals surface area contributed by atoms with Crippen molar-refractivity contribution < 1.29 is 19.4 Å². The van der Waals surface area contributed by atoms with E-state index in [2.05, 4.69) is 4.98 Å². The molecule has 0 bridgehead atoms. The highest BCUT2D eigenvalue weighted by molar-refractivity contribution is 7.16. The van der Waals surface area contributed by atoms with Crippen molar-refractivity contribution in [2.24, 2.45) is 5.92 Å². The predicted molar refractivity (Wildman–Crippen MR) is 90.0 cm³/mol. The van der Waals surface area contributed by atoms with E-state index in [1.165, 1.54) is 11.3 Å². The third-order valence-electron chi connectivity index (χ3n) is 4.07. The number of ether oxygens (including phenoxy) is 1. The summed E-state index contributed by atoms with van der Waals surface area (Å²) in [7, 11) is 0. The zero-order valence-corrected chi connectivity index (χ0v) is 15.1. The van der Waals surface area contributed by atoms with E-state index < -0.39 is 5.60 Å². The first-order valence-corrected chi connectivity index (χ1v) is 8.96. The highest BCUT2D eigenvalue weighted by Crippen LogP contribution is 2.34. The van der Waals surface area contributed by atoms with E-state index in [-0.39, 0.29) is 24.5 Å². The Bertz CT molecular complexity index is 652. The van der Waals surface area contributed by atoms with E-state index >= 15 is 0 Å². The SMILES string of the molecule is CC(C)(C)OC(=O)N1CCc2nc(N3CC(CO)CC3=O)sc2C1. The molecule has 8 heteroatoms. The van der Waals surface area contributed by atoms with Crippen LogP contribution in [-0.2, 0) is 22.5 Å². The third-order valence-corrected chi connectivity index (χ3v) is 5.17. The summed E-state index contributed by atoms with van der Waals surface area (Å²) in [4.78, 5) is 33.2. The van der Waals surface area contributed by atoms with Crippen LogP contribution in [0.1, 0.15) is 37.8 Å². The van der Waals surface area contributed by atoms with Crippen molar-refractivity contribution in [3.8, 4) is 0 Å². The summed E-state index contributed by atoms with van der Waals surface area (Å²) >= 11 is 1.45. The fourth-order valence-corrected chi connectivity index (χ4v) is 4.02. The van der Waals surface area contributed by atoms with Crippen LogP contribution in [0.4, 0.5) is 9.93 Å². The standard InChI is InChI=1S/C16H23N3O4S/c1-16(2,3)23-15(22)18-5-4-11-12(8-18)24-14(17-11)19-7-10(9-20)6-13(19)21/h10,20H,4-9H2,1-3H3. The largest absolute Gasteiger partial charge is 0.444 e. The van der Waals surface area contributed by atoms with Crippen LogP contribution in [0, 0.1) is 5.92 Å². The van der Waals surface area contributed by atoms with Crippen LogP contribution in [0.3, 0.4) is 0 Å². The van der Waals surface area contributed by atoms with Crippen LogP contribution in [0.25, 0.3) is 0 Å². The van der Waals surface area contributed by atoms with Crippen molar-refractivity contribution >= 4 is 28.5 Å². The van der Waals surface area contributed by atoms with Gasteiger partial charge in [0.05, 0.1) is 12.2 Å². The molecule has 1 aromatic heterocycles. The monoisotopic (exact) mass is 353 g/mol. The Morgan fingerprint density at radius 3 is 2.83 bits per heavy atom. The number of aromatic nitrogens is 1. The highest BCUT2D eigenvalue weighted by Gasteiger charge is 2.34. The molecule has 24 heavy (non-hydrogen) atoms. The summed E-state index contributed by atoms with van der Waals surface area (Å²) in [6, 6.07) is 0. The van der Waals surface area contributed by atoms with E-state index in [0.29, 0.717) is 37.6 Å². The van der Waals surface area contributed by atoms with Crippen LogP contribution in [-0.4, -0.2) is 52.3 Å². The summed E-state index contributed by atoms with van der Waals surface area (Å²) in [6.07, 6.45) is 0.710. The van der Waals surface area contributed by atoms with Crippen molar-refractivity contribution in [3.63, 3.8) is 0 Å². The number of aliphatic hydroxyl groups is 1. The molecule has 0 aliphatic carbocycles. The minimum atomic E-state index is -0.516. The smallest absolute Gasteiger partial charge is 0.410 e. The lowest BCUT2D eigenvalue weighted by atomic mass is 10.1. The molecule has 0 aromatic carbocycles. The van der Waals surface area contributed by atoms with Gasteiger partial charge < -0.3 is 14.7 Å². The summed E-state index contributed by atoms with van der Waals surface area (Å²) < 4.78 is 5.42. The molecule has 2 amide bonds. The zero-order chi connectivity index (χ0) is 17.5. The summed E-state index contributed by atoms with van der Waals surface area (Å²) in [6.45, 7) is 7.11. The second-order valence-electron chi connectivity index (χ2n) is 7.28. The lowest BCUT2D eigenvalue weighted by Crippen LogP contribution is -2.39. The number of anilines is 1. The molecule has 0 saturated carbocycles. The van der Waals surface area contributed by atoms with Crippen molar-refractivity contribution in [1.82, 2.24) is 9.88 Å². The summed E-state index contributed by atoms with van der Waals surface area (Å²) in [5, 5.41) is 9.92. The Morgan fingerprint density at radius 1 is 1.46 bits per heavy atom. The number of carbonyl (C=O) groups is 2. The summed E-state index contributed by atoms with van der Waals surface area (Å²) in [5.41, 5.74) is 0.437. The molecule has 3 rings (SSSR count). The zero-order valence-electron chi connectivity index (χ0n) is 14.2. The van der Waals surface area contributed by atoms with Gasteiger partial charge in [-0.25, -0.2) is 9.78 Å². The normalized spacial score (nSPS) is 21.2. The average molecular weight is 353 g/mol. The maximum Gasteiger partial charge on any atom is 0.410 e. The van der Waals surface area contributed by atoms with Gasteiger partial charge in [0.2, 0.25) is 5.91 Å². The maximum atomic E-state index is 12.2. The Morgan fingerprint density at radius 2 is 2.21 bits per heavy atom. The molecular formula is C16H23N3O4S. The van der Waals surface area contributed by atoms with Crippen molar-refractivity contribution in [1.29, 1.82) is 0 Å². The molecule has 2 aliphatic heterocycles. The quantitative estimate of drug-likeness (QED) is 0.876. The number of fused-ring (bicyclic) bond motifs is 1. The molecule has 1 saturated heterocycles. The number of rotatable bonds is 2. The van der Waals surface area contributed by atoms with Gasteiger partial charge in [0.1, 0.15) is 5.60 Å². The fourth-order valence-electron chi connectivity index (χ4n) is 2.87. The molecular weight excluding hydrogens is 330 g/mol. The Balaban J connectivity index is 1.71. The van der Waals surface area contributed by atoms with Crippen molar-refractivity contribution in [3.05, 3.63) is 10.6 Å². The van der Waals surface area contributed by atoms with E-state index in [9.17, 15) is 14.7 Å². The molecule has 3 heterocycles.